The number of carbonyl (C=O) groups excluding carboxylic acids is 1. The lowest BCUT2D eigenvalue weighted by molar-refractivity contribution is -0.146. The minimum absolute atomic E-state index is 0.361. The highest BCUT2D eigenvalue weighted by Crippen LogP contribution is 2.29. The number of nitrogens with zero attached hydrogens (tertiary/aromatic N) is 1. The fourth-order valence-electron chi connectivity index (χ4n) is 1.96. The Labute approximate surface area is 117 Å². The normalized spacial score (nSPS) is 11.6. The van der Waals surface area contributed by atoms with Gasteiger partial charge < -0.3 is 19.5 Å². The van der Waals surface area contributed by atoms with Gasteiger partial charge in [0.05, 0.1) is 14.2 Å². The molecule has 0 spiro atoms. The number of amides is 1. The molecule has 1 aromatic rings. The maximum atomic E-state index is 11.5. The van der Waals surface area contributed by atoms with Crippen molar-refractivity contribution in [2.24, 2.45) is 0 Å². The van der Waals surface area contributed by atoms with Crippen LogP contribution in [0.1, 0.15) is 24.9 Å². The summed E-state index contributed by atoms with van der Waals surface area (Å²) in [7, 11) is 2.97. The predicted molar refractivity (Wildman–Crippen MR) is 73.0 cm³/mol. The van der Waals surface area contributed by atoms with E-state index in [0.717, 1.165) is 0 Å². The first kappa shape index (κ1) is 15.8. The highest BCUT2D eigenvalue weighted by Gasteiger charge is 2.27. The number of carbonyl (C=O) groups is 2. The molecule has 1 unspecified atom stereocenters. The first-order valence-electron chi connectivity index (χ1n) is 6.24. The van der Waals surface area contributed by atoms with E-state index >= 15 is 0 Å². The monoisotopic (exact) mass is 281 g/mol. The molecule has 20 heavy (non-hydrogen) atoms. The van der Waals surface area contributed by atoms with Crippen LogP contribution in [-0.4, -0.2) is 43.2 Å². The van der Waals surface area contributed by atoms with Crippen LogP contribution in [0.25, 0.3) is 0 Å². The molecular formula is C14H19NO5. The van der Waals surface area contributed by atoms with Crippen molar-refractivity contribution < 1.29 is 24.2 Å². The van der Waals surface area contributed by atoms with Crippen molar-refractivity contribution in [3.63, 3.8) is 0 Å². The van der Waals surface area contributed by atoms with Gasteiger partial charge in [0.1, 0.15) is 11.5 Å². The van der Waals surface area contributed by atoms with Crippen LogP contribution in [0.5, 0.6) is 11.5 Å². The Morgan fingerprint density at radius 1 is 1.30 bits per heavy atom. The van der Waals surface area contributed by atoms with Gasteiger partial charge in [0, 0.05) is 12.6 Å². The molecule has 0 fully saturated rings. The van der Waals surface area contributed by atoms with E-state index in [1.807, 2.05) is 6.92 Å². The van der Waals surface area contributed by atoms with Crippen LogP contribution in [0.3, 0.4) is 0 Å². The molecule has 1 rings (SSSR count). The molecule has 0 aliphatic carbocycles. The molecule has 0 aromatic heterocycles. The van der Waals surface area contributed by atoms with Gasteiger partial charge in [-0.05, 0) is 24.1 Å². The molecule has 1 amide bonds. The van der Waals surface area contributed by atoms with Gasteiger partial charge in [0.25, 0.3) is 0 Å². The van der Waals surface area contributed by atoms with Gasteiger partial charge in [-0.1, -0.05) is 6.92 Å². The van der Waals surface area contributed by atoms with Crippen LogP contribution in [0.4, 0.5) is 0 Å². The summed E-state index contributed by atoms with van der Waals surface area (Å²) in [5, 5.41) is 9.40. The summed E-state index contributed by atoms with van der Waals surface area (Å²) >= 11 is 0. The fraction of sp³-hybridized carbons (Fsp3) is 0.429. The Morgan fingerprint density at radius 3 is 2.20 bits per heavy atom. The molecule has 0 saturated heterocycles. The molecule has 6 heteroatoms. The van der Waals surface area contributed by atoms with Gasteiger partial charge in [0.15, 0.2) is 6.04 Å². The summed E-state index contributed by atoms with van der Waals surface area (Å²) in [6.07, 6.45) is 1.22. The molecule has 1 aromatic carbocycles. The van der Waals surface area contributed by atoms with E-state index in [1.165, 1.54) is 19.1 Å². The fourth-order valence-corrected chi connectivity index (χ4v) is 1.96. The van der Waals surface area contributed by atoms with E-state index in [9.17, 15) is 14.7 Å². The topological polar surface area (TPSA) is 76.1 Å². The summed E-state index contributed by atoms with van der Waals surface area (Å²) in [4.78, 5) is 23.9. The molecule has 1 N–H and O–H groups in total. The van der Waals surface area contributed by atoms with E-state index in [2.05, 4.69) is 0 Å². The molecule has 1 atom stereocenters. The number of rotatable bonds is 8. The molecule has 0 heterocycles. The number of methoxy groups -OCH3 is 2. The highest BCUT2D eigenvalue weighted by molar-refractivity contribution is 5.78. The number of benzene rings is 1. The predicted octanol–water partition coefficient (Wildman–Crippen LogP) is 1.70. The molecule has 0 saturated carbocycles. The number of carboxylic acid groups (broad SMARTS) is 1. The quantitative estimate of drug-likeness (QED) is 0.734. The standard InChI is InChI=1S/C14H19NO5/c1-4-5-15(9-16)13(14(17)18)10-6-11(19-2)8-12(7-10)20-3/h6-9,13H,4-5H2,1-3H3,(H,17,18). The third kappa shape index (κ3) is 3.63. The second kappa shape index (κ2) is 7.37. The van der Waals surface area contributed by atoms with Crippen molar-refractivity contribution in [3.05, 3.63) is 23.8 Å². The van der Waals surface area contributed by atoms with Crippen LogP contribution in [0.15, 0.2) is 18.2 Å². The Hall–Kier alpha value is -2.24. The molecule has 0 aliphatic rings. The van der Waals surface area contributed by atoms with E-state index in [1.54, 1.807) is 18.2 Å². The van der Waals surface area contributed by atoms with E-state index in [-0.39, 0.29) is 0 Å². The number of ether oxygens (including phenoxy) is 2. The summed E-state index contributed by atoms with van der Waals surface area (Å²) in [5.74, 6) is -0.137. The van der Waals surface area contributed by atoms with Gasteiger partial charge in [-0.2, -0.15) is 0 Å². The highest BCUT2D eigenvalue weighted by atomic mass is 16.5. The number of carboxylic acids is 1. The zero-order valence-corrected chi connectivity index (χ0v) is 11.8. The van der Waals surface area contributed by atoms with Gasteiger partial charge in [-0.15, -0.1) is 0 Å². The van der Waals surface area contributed by atoms with Crippen LogP contribution in [0.2, 0.25) is 0 Å². The molecule has 110 valence electrons. The lowest BCUT2D eigenvalue weighted by Gasteiger charge is -2.25. The zero-order valence-electron chi connectivity index (χ0n) is 11.8. The second-order valence-electron chi connectivity index (χ2n) is 4.23. The first-order valence-corrected chi connectivity index (χ1v) is 6.24. The Balaban J connectivity index is 3.26. The Bertz CT molecular complexity index is 452. The average molecular weight is 281 g/mol. The van der Waals surface area contributed by atoms with E-state index in [0.29, 0.717) is 36.4 Å². The zero-order chi connectivity index (χ0) is 15.1. The summed E-state index contributed by atoms with van der Waals surface area (Å²) in [5.41, 5.74) is 0.439. The maximum Gasteiger partial charge on any atom is 0.331 e. The minimum Gasteiger partial charge on any atom is -0.497 e. The van der Waals surface area contributed by atoms with Crippen LogP contribution in [-0.2, 0) is 9.59 Å². The smallest absolute Gasteiger partial charge is 0.331 e. The molecular weight excluding hydrogens is 262 g/mol. The number of hydrogen-bond acceptors (Lipinski definition) is 4. The van der Waals surface area contributed by atoms with Crippen molar-refractivity contribution >= 4 is 12.4 Å². The summed E-state index contributed by atoms with van der Waals surface area (Å²) < 4.78 is 10.2. The third-order valence-corrected chi connectivity index (χ3v) is 2.87. The van der Waals surface area contributed by atoms with Gasteiger partial charge in [-0.25, -0.2) is 4.79 Å². The van der Waals surface area contributed by atoms with Crippen molar-refractivity contribution in [3.8, 4) is 11.5 Å². The first-order chi connectivity index (χ1) is 9.57. The van der Waals surface area contributed by atoms with Gasteiger partial charge in [0.2, 0.25) is 6.41 Å². The molecule has 0 aliphatic heterocycles. The minimum atomic E-state index is -1.10. The SMILES string of the molecule is CCCN(C=O)C(C(=O)O)c1cc(OC)cc(OC)c1. The van der Waals surface area contributed by atoms with Crippen LogP contribution in [0, 0.1) is 0 Å². The van der Waals surface area contributed by atoms with Crippen molar-refractivity contribution in [2.45, 2.75) is 19.4 Å². The number of hydrogen-bond donors (Lipinski definition) is 1. The number of aliphatic carboxylic acids is 1. The molecule has 0 bridgehead atoms. The summed E-state index contributed by atoms with van der Waals surface area (Å²) in [6, 6.07) is 3.77. The van der Waals surface area contributed by atoms with Gasteiger partial charge in [-0.3, -0.25) is 4.79 Å². The average Bonchev–Trinajstić information content (AvgIpc) is 2.45. The molecule has 0 radical (unpaired) electrons. The van der Waals surface area contributed by atoms with Crippen molar-refractivity contribution in [1.29, 1.82) is 0 Å². The summed E-state index contributed by atoms with van der Waals surface area (Å²) in [6.45, 7) is 2.24. The third-order valence-electron chi connectivity index (χ3n) is 2.87. The Kier molecular flexibility index (Phi) is 5.83. The van der Waals surface area contributed by atoms with Crippen LogP contribution < -0.4 is 9.47 Å². The Morgan fingerprint density at radius 2 is 1.85 bits per heavy atom. The van der Waals surface area contributed by atoms with Crippen LogP contribution >= 0.6 is 0 Å². The van der Waals surface area contributed by atoms with Crippen molar-refractivity contribution in [2.75, 3.05) is 20.8 Å². The van der Waals surface area contributed by atoms with E-state index in [4.69, 9.17) is 9.47 Å². The maximum absolute atomic E-state index is 11.5. The van der Waals surface area contributed by atoms with Crippen molar-refractivity contribution in [1.82, 2.24) is 4.90 Å². The molecule has 6 nitrogen and oxygen atoms in total. The van der Waals surface area contributed by atoms with Gasteiger partial charge >= 0.3 is 5.97 Å². The lowest BCUT2D eigenvalue weighted by Crippen LogP contribution is -2.33. The largest absolute Gasteiger partial charge is 0.497 e. The van der Waals surface area contributed by atoms with E-state index < -0.39 is 12.0 Å². The lowest BCUT2D eigenvalue weighted by atomic mass is 10.0. The second-order valence-corrected chi connectivity index (χ2v) is 4.23.